The average molecular weight is 210 g/mol. The summed E-state index contributed by atoms with van der Waals surface area (Å²) >= 11 is 0. The lowest BCUT2D eigenvalue weighted by atomic mass is 10.4. The fourth-order valence-corrected chi connectivity index (χ4v) is 0.935. The smallest absolute Gasteiger partial charge is 0.360 e. The van der Waals surface area contributed by atoms with Crippen LogP contribution in [0.3, 0.4) is 0 Å². The Morgan fingerprint density at radius 2 is 2.60 bits per heavy atom. The number of rotatable bonds is 6. The molecule has 15 heavy (non-hydrogen) atoms. The maximum absolute atomic E-state index is 11.2. The molecule has 0 saturated heterocycles. The second-order valence-electron chi connectivity index (χ2n) is 2.76. The molecular formula is C10H14N2O3. The molecule has 1 N–H and O–H groups in total. The number of aromatic nitrogens is 1. The maximum Gasteiger partial charge on any atom is 0.360 e. The molecule has 0 aliphatic heterocycles. The number of nitrogens with one attached hydrogen (secondary N) is 1. The molecule has 82 valence electrons. The van der Waals surface area contributed by atoms with Crippen LogP contribution >= 0.6 is 0 Å². The zero-order valence-corrected chi connectivity index (χ0v) is 8.66. The highest BCUT2D eigenvalue weighted by molar-refractivity contribution is 5.87. The minimum absolute atomic E-state index is 0.179. The molecule has 1 aromatic heterocycles. The highest BCUT2D eigenvalue weighted by Crippen LogP contribution is 2.08. The van der Waals surface area contributed by atoms with Gasteiger partial charge in [-0.05, 0) is 13.3 Å². The van der Waals surface area contributed by atoms with Gasteiger partial charge in [-0.3, -0.25) is 0 Å². The van der Waals surface area contributed by atoms with Crippen molar-refractivity contribution in [2.45, 2.75) is 13.3 Å². The van der Waals surface area contributed by atoms with Crippen molar-refractivity contribution < 1.29 is 13.9 Å². The van der Waals surface area contributed by atoms with Crippen LogP contribution in [-0.2, 0) is 4.74 Å². The van der Waals surface area contributed by atoms with Crippen molar-refractivity contribution in [3.63, 3.8) is 0 Å². The first-order chi connectivity index (χ1) is 7.27. The van der Waals surface area contributed by atoms with Gasteiger partial charge in [-0.15, -0.1) is 6.58 Å². The summed E-state index contributed by atoms with van der Waals surface area (Å²) in [6.07, 6.45) is 3.85. The molecule has 5 nitrogen and oxygen atoms in total. The van der Waals surface area contributed by atoms with Gasteiger partial charge in [-0.25, -0.2) is 4.79 Å². The van der Waals surface area contributed by atoms with Gasteiger partial charge in [0.1, 0.15) is 6.26 Å². The van der Waals surface area contributed by atoms with Crippen molar-refractivity contribution in [3.8, 4) is 0 Å². The number of hydrogen-bond acceptors (Lipinski definition) is 5. The third kappa shape index (κ3) is 3.46. The lowest BCUT2D eigenvalue weighted by Gasteiger charge is -1.97. The Bertz CT molecular complexity index is 333. The summed E-state index contributed by atoms with van der Waals surface area (Å²) in [5, 5.41) is 2.91. The fourth-order valence-electron chi connectivity index (χ4n) is 0.935. The Kier molecular flexibility index (Phi) is 4.40. The molecule has 0 amide bonds. The number of carbonyl (C=O) groups excluding carboxylic acids is 1. The number of esters is 1. The summed E-state index contributed by atoms with van der Waals surface area (Å²) in [6, 6.07) is 0.319. The van der Waals surface area contributed by atoms with Crippen LogP contribution in [0.25, 0.3) is 0 Å². The highest BCUT2D eigenvalue weighted by Gasteiger charge is 2.12. The molecule has 0 aromatic carbocycles. The van der Waals surface area contributed by atoms with Gasteiger partial charge in [-0.1, -0.05) is 6.08 Å². The third-order valence-corrected chi connectivity index (χ3v) is 1.61. The largest absolute Gasteiger partial charge is 0.461 e. The number of carbonyl (C=O) groups is 1. The van der Waals surface area contributed by atoms with Crippen LogP contribution in [0.1, 0.15) is 23.8 Å². The summed E-state index contributed by atoms with van der Waals surface area (Å²) in [6.45, 7) is 6.32. The van der Waals surface area contributed by atoms with Crippen LogP contribution in [0.15, 0.2) is 23.3 Å². The highest BCUT2D eigenvalue weighted by atomic mass is 16.5. The minimum Gasteiger partial charge on any atom is -0.461 e. The summed E-state index contributed by atoms with van der Waals surface area (Å²) in [7, 11) is 0. The van der Waals surface area contributed by atoms with E-state index in [1.165, 1.54) is 6.26 Å². The average Bonchev–Trinajstić information content (AvgIpc) is 2.67. The zero-order chi connectivity index (χ0) is 11.1. The van der Waals surface area contributed by atoms with E-state index in [0.29, 0.717) is 19.2 Å². The summed E-state index contributed by atoms with van der Waals surface area (Å²) < 4.78 is 9.78. The Balaban J connectivity index is 2.48. The van der Waals surface area contributed by atoms with Gasteiger partial charge < -0.3 is 14.5 Å². The summed E-state index contributed by atoms with van der Waals surface area (Å²) in [5.74, 6) is -0.474. The molecule has 0 atom stereocenters. The molecule has 0 fully saturated rings. The predicted octanol–water partition coefficient (Wildman–Crippen LogP) is 1.84. The lowest BCUT2D eigenvalue weighted by molar-refractivity contribution is 0.0519. The molecule has 0 radical (unpaired) electrons. The first-order valence-corrected chi connectivity index (χ1v) is 4.75. The Hall–Kier alpha value is -1.78. The van der Waals surface area contributed by atoms with Crippen molar-refractivity contribution in [2.75, 3.05) is 18.5 Å². The van der Waals surface area contributed by atoms with Crippen molar-refractivity contribution in [1.82, 2.24) is 4.98 Å². The second kappa shape index (κ2) is 5.85. The van der Waals surface area contributed by atoms with Crippen molar-refractivity contribution in [3.05, 3.63) is 24.6 Å². The normalized spacial score (nSPS) is 9.67. The van der Waals surface area contributed by atoms with E-state index in [9.17, 15) is 4.79 Å². The van der Waals surface area contributed by atoms with E-state index in [-0.39, 0.29) is 5.69 Å². The van der Waals surface area contributed by atoms with E-state index >= 15 is 0 Å². The van der Waals surface area contributed by atoms with E-state index in [2.05, 4.69) is 16.9 Å². The number of hydrogen-bond donors (Lipinski definition) is 1. The molecule has 0 bridgehead atoms. The second-order valence-corrected chi connectivity index (χ2v) is 2.76. The topological polar surface area (TPSA) is 64.4 Å². The molecule has 0 unspecified atom stereocenters. The van der Waals surface area contributed by atoms with E-state index in [0.717, 1.165) is 6.42 Å². The van der Waals surface area contributed by atoms with Gasteiger partial charge in [0.15, 0.2) is 5.69 Å². The monoisotopic (exact) mass is 210 g/mol. The van der Waals surface area contributed by atoms with Crippen LogP contribution in [0.5, 0.6) is 0 Å². The van der Waals surface area contributed by atoms with E-state index in [1.807, 2.05) is 0 Å². The third-order valence-electron chi connectivity index (χ3n) is 1.61. The van der Waals surface area contributed by atoms with Crippen LogP contribution in [0, 0.1) is 0 Å². The number of ether oxygens (including phenoxy) is 1. The van der Waals surface area contributed by atoms with E-state index in [1.54, 1.807) is 13.0 Å². The van der Waals surface area contributed by atoms with Gasteiger partial charge in [0, 0.05) is 6.54 Å². The lowest BCUT2D eigenvalue weighted by Crippen LogP contribution is -2.06. The van der Waals surface area contributed by atoms with Crippen molar-refractivity contribution in [2.24, 2.45) is 0 Å². The molecule has 1 heterocycles. The molecule has 0 saturated carbocycles. The molecule has 0 aliphatic carbocycles. The van der Waals surface area contributed by atoms with Crippen LogP contribution in [-0.4, -0.2) is 24.1 Å². The Labute approximate surface area is 88.1 Å². The van der Waals surface area contributed by atoms with Gasteiger partial charge in [0.25, 0.3) is 6.01 Å². The van der Waals surface area contributed by atoms with Gasteiger partial charge in [0.2, 0.25) is 0 Å². The summed E-state index contributed by atoms with van der Waals surface area (Å²) in [5.41, 5.74) is 0.179. The molecule has 5 heteroatoms. The fraction of sp³-hybridized carbons (Fsp3) is 0.400. The predicted molar refractivity (Wildman–Crippen MR) is 55.8 cm³/mol. The molecule has 0 aliphatic rings. The SMILES string of the molecule is C=CCCNc1nc(C(=O)OCC)co1. The van der Waals surface area contributed by atoms with Crippen molar-refractivity contribution in [1.29, 1.82) is 0 Å². The number of nitrogens with zero attached hydrogens (tertiary/aromatic N) is 1. The zero-order valence-electron chi connectivity index (χ0n) is 8.66. The van der Waals surface area contributed by atoms with E-state index in [4.69, 9.17) is 9.15 Å². The van der Waals surface area contributed by atoms with Crippen LogP contribution < -0.4 is 5.32 Å². The number of oxazole rings is 1. The molecule has 1 aromatic rings. The Morgan fingerprint density at radius 1 is 1.80 bits per heavy atom. The molecule has 0 spiro atoms. The first-order valence-electron chi connectivity index (χ1n) is 4.75. The molecular weight excluding hydrogens is 196 g/mol. The van der Waals surface area contributed by atoms with Crippen LogP contribution in [0.4, 0.5) is 6.01 Å². The minimum atomic E-state index is -0.474. The summed E-state index contributed by atoms with van der Waals surface area (Å²) in [4.78, 5) is 15.1. The van der Waals surface area contributed by atoms with Crippen molar-refractivity contribution >= 4 is 12.0 Å². The maximum atomic E-state index is 11.2. The Morgan fingerprint density at radius 3 is 3.27 bits per heavy atom. The van der Waals surface area contributed by atoms with E-state index < -0.39 is 5.97 Å². The van der Waals surface area contributed by atoms with Crippen LogP contribution in [0.2, 0.25) is 0 Å². The standard InChI is InChI=1S/C10H14N2O3/c1-3-5-6-11-10-12-8(7-15-10)9(13)14-4-2/h3,7H,1,4-6H2,2H3,(H,11,12). The first kappa shape index (κ1) is 11.3. The van der Waals surface area contributed by atoms with Gasteiger partial charge >= 0.3 is 5.97 Å². The quantitative estimate of drug-likeness (QED) is 0.441. The van der Waals surface area contributed by atoms with Gasteiger partial charge in [0.05, 0.1) is 6.61 Å². The molecule has 1 rings (SSSR count). The number of anilines is 1. The van der Waals surface area contributed by atoms with Gasteiger partial charge in [-0.2, -0.15) is 4.98 Å².